The van der Waals surface area contributed by atoms with Crippen LogP contribution in [0.5, 0.6) is 5.75 Å². The lowest BCUT2D eigenvalue weighted by Gasteiger charge is -2.26. The highest BCUT2D eigenvalue weighted by Gasteiger charge is 2.26. The molecular formula is C24H28N6O. The van der Waals surface area contributed by atoms with Crippen LogP contribution >= 0.6 is 0 Å². The average molecular weight is 417 g/mol. The van der Waals surface area contributed by atoms with Crippen LogP contribution in [0.3, 0.4) is 0 Å². The van der Waals surface area contributed by atoms with Crippen LogP contribution in [-0.2, 0) is 7.05 Å². The maximum atomic E-state index is 10.5. The zero-order valence-corrected chi connectivity index (χ0v) is 18.4. The molecule has 7 heteroatoms. The monoisotopic (exact) mass is 416 g/mol. The molecule has 31 heavy (non-hydrogen) atoms. The Morgan fingerprint density at radius 1 is 1.13 bits per heavy atom. The minimum absolute atomic E-state index is 0.118. The lowest BCUT2D eigenvalue weighted by atomic mass is 10.1. The van der Waals surface area contributed by atoms with Gasteiger partial charge in [0.2, 0.25) is 0 Å². The minimum atomic E-state index is 0.118. The van der Waals surface area contributed by atoms with Crippen molar-refractivity contribution in [3.63, 3.8) is 0 Å². The van der Waals surface area contributed by atoms with Gasteiger partial charge in [0.05, 0.1) is 23.1 Å². The van der Waals surface area contributed by atoms with E-state index in [-0.39, 0.29) is 11.3 Å². The van der Waals surface area contributed by atoms with Gasteiger partial charge >= 0.3 is 0 Å². The van der Waals surface area contributed by atoms with E-state index in [1.807, 2.05) is 37.6 Å². The standard InChI is InChI=1S/C24H28N6O/c1-24(2,3)27-17-7-8-30(14-17)18-9-15-5-6-20(26-23(15)25-12-18)19-10-16-13-29(4)28-21(16)11-22(19)31/h5-6,9-13,17,27,31H,7-8,14H2,1-4H3/t17-/m0/s1. The number of nitrogens with one attached hydrogen (secondary N) is 1. The maximum Gasteiger partial charge on any atom is 0.159 e. The molecule has 1 aromatic carbocycles. The number of fused-ring (bicyclic) bond motifs is 2. The summed E-state index contributed by atoms with van der Waals surface area (Å²) in [6.45, 7) is 8.63. The summed E-state index contributed by atoms with van der Waals surface area (Å²) < 4.78 is 1.74. The van der Waals surface area contributed by atoms with Crippen molar-refractivity contribution in [2.45, 2.75) is 38.8 Å². The first kappa shape index (κ1) is 19.8. The second-order valence-electron chi connectivity index (χ2n) is 9.49. The number of aromatic hydroxyl groups is 1. The molecule has 7 nitrogen and oxygen atoms in total. The number of hydrogen-bond acceptors (Lipinski definition) is 6. The molecule has 1 atom stereocenters. The number of anilines is 1. The van der Waals surface area contributed by atoms with Gasteiger partial charge in [0, 0.05) is 60.3 Å². The van der Waals surface area contributed by atoms with Gasteiger partial charge in [-0.2, -0.15) is 5.10 Å². The van der Waals surface area contributed by atoms with E-state index < -0.39 is 0 Å². The number of pyridine rings is 2. The average Bonchev–Trinajstić information content (AvgIpc) is 3.30. The molecule has 4 aromatic rings. The largest absolute Gasteiger partial charge is 0.507 e. The molecule has 1 aliphatic heterocycles. The normalized spacial score (nSPS) is 17.2. The number of phenolic OH excluding ortho intramolecular Hbond substituents is 1. The third-order valence-electron chi connectivity index (χ3n) is 5.73. The van der Waals surface area contributed by atoms with Crippen LogP contribution in [0.1, 0.15) is 27.2 Å². The van der Waals surface area contributed by atoms with Gasteiger partial charge in [-0.25, -0.2) is 9.97 Å². The molecule has 0 spiro atoms. The van der Waals surface area contributed by atoms with Gasteiger partial charge in [-0.05, 0) is 51.5 Å². The third-order valence-corrected chi connectivity index (χ3v) is 5.73. The van der Waals surface area contributed by atoms with Crippen LogP contribution in [0, 0.1) is 0 Å². The van der Waals surface area contributed by atoms with Gasteiger partial charge in [0.25, 0.3) is 0 Å². The molecule has 0 aliphatic carbocycles. The Hall–Kier alpha value is -3.19. The first-order valence-electron chi connectivity index (χ1n) is 10.7. The van der Waals surface area contributed by atoms with Crippen molar-refractivity contribution in [2.24, 2.45) is 7.05 Å². The molecule has 1 saturated heterocycles. The number of aromatic nitrogens is 4. The smallest absolute Gasteiger partial charge is 0.159 e. The van der Waals surface area contributed by atoms with Crippen LogP contribution < -0.4 is 10.2 Å². The molecule has 1 fully saturated rings. The van der Waals surface area contributed by atoms with Crippen LogP contribution in [0.4, 0.5) is 5.69 Å². The molecule has 0 unspecified atom stereocenters. The summed E-state index contributed by atoms with van der Waals surface area (Å²) in [5.74, 6) is 0.170. The Labute approximate surface area is 181 Å². The van der Waals surface area contributed by atoms with Gasteiger partial charge in [-0.15, -0.1) is 0 Å². The molecule has 4 heterocycles. The fourth-order valence-corrected chi connectivity index (χ4v) is 4.44. The molecule has 5 rings (SSSR count). The van der Waals surface area contributed by atoms with Gasteiger partial charge in [0.1, 0.15) is 5.75 Å². The van der Waals surface area contributed by atoms with E-state index in [9.17, 15) is 5.11 Å². The van der Waals surface area contributed by atoms with Crippen molar-refractivity contribution in [1.82, 2.24) is 25.1 Å². The van der Waals surface area contributed by atoms with E-state index in [4.69, 9.17) is 4.98 Å². The molecule has 0 saturated carbocycles. The Bertz CT molecular complexity index is 1270. The summed E-state index contributed by atoms with van der Waals surface area (Å²) in [7, 11) is 1.87. The Morgan fingerprint density at radius 2 is 1.97 bits per heavy atom. The van der Waals surface area contributed by atoms with Crippen molar-refractivity contribution >= 4 is 27.6 Å². The number of hydrogen-bond donors (Lipinski definition) is 2. The summed E-state index contributed by atoms with van der Waals surface area (Å²) >= 11 is 0. The fourth-order valence-electron chi connectivity index (χ4n) is 4.44. The summed E-state index contributed by atoms with van der Waals surface area (Å²) in [6.07, 6.45) is 4.97. The molecular weight excluding hydrogens is 388 g/mol. The predicted molar refractivity (Wildman–Crippen MR) is 124 cm³/mol. The number of aryl methyl sites for hydroxylation is 1. The van der Waals surface area contributed by atoms with Gasteiger partial charge in [0.15, 0.2) is 5.65 Å². The molecule has 0 amide bonds. The summed E-state index contributed by atoms with van der Waals surface area (Å²) in [6, 6.07) is 10.2. The first-order chi connectivity index (χ1) is 14.7. The van der Waals surface area contributed by atoms with Crippen molar-refractivity contribution in [1.29, 1.82) is 0 Å². The number of benzene rings is 1. The summed E-state index contributed by atoms with van der Waals surface area (Å²) in [4.78, 5) is 11.7. The van der Waals surface area contributed by atoms with E-state index in [0.717, 1.165) is 41.5 Å². The van der Waals surface area contributed by atoms with Gasteiger partial charge in [-0.3, -0.25) is 4.68 Å². The van der Waals surface area contributed by atoms with Crippen molar-refractivity contribution in [3.05, 3.63) is 42.7 Å². The second kappa shape index (κ2) is 7.20. The predicted octanol–water partition coefficient (Wildman–Crippen LogP) is 3.86. The van der Waals surface area contributed by atoms with Crippen molar-refractivity contribution < 1.29 is 5.11 Å². The number of nitrogens with zero attached hydrogens (tertiary/aromatic N) is 5. The molecule has 3 aromatic heterocycles. The number of rotatable bonds is 3. The maximum absolute atomic E-state index is 10.5. The van der Waals surface area contributed by atoms with E-state index in [2.05, 4.69) is 47.1 Å². The highest BCUT2D eigenvalue weighted by atomic mass is 16.3. The number of phenols is 1. The molecule has 2 N–H and O–H groups in total. The molecule has 1 aliphatic rings. The SMILES string of the molecule is Cn1cc2cc(-c3ccc4cc(N5CC[C@H](NC(C)(C)C)C5)cnc4n3)c(O)cc2n1. The first-order valence-corrected chi connectivity index (χ1v) is 10.7. The van der Waals surface area contributed by atoms with Crippen LogP contribution in [-0.4, -0.2) is 49.5 Å². The highest BCUT2D eigenvalue weighted by molar-refractivity contribution is 5.89. The Balaban J connectivity index is 1.43. The fraction of sp³-hybridized carbons (Fsp3) is 0.375. The lowest BCUT2D eigenvalue weighted by Crippen LogP contribution is -2.44. The topological polar surface area (TPSA) is 79.1 Å². The lowest BCUT2D eigenvalue weighted by molar-refractivity contribution is 0.373. The second-order valence-corrected chi connectivity index (χ2v) is 9.49. The van der Waals surface area contributed by atoms with Crippen LogP contribution in [0.25, 0.3) is 33.2 Å². The Morgan fingerprint density at radius 3 is 2.77 bits per heavy atom. The van der Waals surface area contributed by atoms with Crippen molar-refractivity contribution in [2.75, 3.05) is 18.0 Å². The third kappa shape index (κ3) is 3.93. The van der Waals surface area contributed by atoms with E-state index in [1.165, 1.54) is 0 Å². The van der Waals surface area contributed by atoms with Gasteiger partial charge in [-0.1, -0.05) is 0 Å². The molecule has 0 radical (unpaired) electrons. The van der Waals surface area contributed by atoms with Crippen LogP contribution in [0.2, 0.25) is 0 Å². The zero-order chi connectivity index (χ0) is 21.8. The van der Waals surface area contributed by atoms with Gasteiger partial charge < -0.3 is 15.3 Å². The quantitative estimate of drug-likeness (QED) is 0.528. The minimum Gasteiger partial charge on any atom is -0.507 e. The van der Waals surface area contributed by atoms with E-state index in [0.29, 0.717) is 22.9 Å². The Kier molecular flexibility index (Phi) is 4.59. The zero-order valence-electron chi connectivity index (χ0n) is 18.4. The van der Waals surface area contributed by atoms with E-state index in [1.54, 1.807) is 10.7 Å². The molecule has 0 bridgehead atoms. The van der Waals surface area contributed by atoms with Crippen molar-refractivity contribution in [3.8, 4) is 17.0 Å². The summed E-state index contributed by atoms with van der Waals surface area (Å²) in [5, 5.41) is 20.5. The molecule has 160 valence electrons. The van der Waals surface area contributed by atoms with Crippen LogP contribution in [0.15, 0.2) is 42.7 Å². The summed E-state index contributed by atoms with van der Waals surface area (Å²) in [5.41, 5.74) is 4.07. The van der Waals surface area contributed by atoms with E-state index >= 15 is 0 Å². The highest BCUT2D eigenvalue weighted by Crippen LogP contribution is 2.33.